The number of aryl methyl sites for hydroxylation is 3. The van der Waals surface area contributed by atoms with Crippen LogP contribution in [0.1, 0.15) is 37.5 Å². The third-order valence-corrected chi connectivity index (χ3v) is 2.59. The molecule has 0 aliphatic rings. The first-order valence-corrected chi connectivity index (χ1v) is 5.42. The number of hydrazine groups is 1. The lowest BCUT2D eigenvalue weighted by Crippen LogP contribution is -2.13. The Kier molecular flexibility index (Phi) is 3.83. The van der Waals surface area contributed by atoms with Crippen LogP contribution in [0.3, 0.4) is 0 Å². The van der Waals surface area contributed by atoms with Crippen LogP contribution in [0.25, 0.3) is 0 Å². The third kappa shape index (κ3) is 2.35. The van der Waals surface area contributed by atoms with Gasteiger partial charge in [-0.15, -0.1) is 0 Å². The standard InChI is InChI=1S/C12H18N2O/c1-4-9-7-10(5-2)12(14(13)15)11(6-3)8-9/h7H,4-6H2,1-3H3,(H2,13,15)/q+1. The summed E-state index contributed by atoms with van der Waals surface area (Å²) in [4.78, 5) is 11.7. The average Bonchev–Trinajstić information content (AvgIpc) is 2.26. The molecule has 0 atom stereocenters. The summed E-state index contributed by atoms with van der Waals surface area (Å²) in [6, 6.07) is 5.27. The minimum Gasteiger partial charge on any atom is -0.159 e. The Hall–Kier alpha value is -1.38. The first-order valence-electron chi connectivity index (χ1n) is 5.42. The topological polar surface area (TPSA) is 46.1 Å². The maximum atomic E-state index is 11.3. The van der Waals surface area contributed by atoms with Gasteiger partial charge in [0.25, 0.3) is 5.69 Å². The van der Waals surface area contributed by atoms with Crippen LogP contribution in [0.15, 0.2) is 6.07 Å². The normalized spacial score (nSPS) is 10.3. The Balaban J connectivity index is 3.39. The highest BCUT2D eigenvalue weighted by Gasteiger charge is 2.21. The van der Waals surface area contributed by atoms with E-state index in [1.165, 1.54) is 0 Å². The fourth-order valence-corrected chi connectivity index (χ4v) is 1.75. The molecule has 0 fully saturated rings. The van der Waals surface area contributed by atoms with Crippen molar-refractivity contribution in [2.75, 3.05) is 0 Å². The van der Waals surface area contributed by atoms with Crippen LogP contribution in [0.4, 0.5) is 5.69 Å². The van der Waals surface area contributed by atoms with Gasteiger partial charge in [-0.3, -0.25) is 0 Å². The number of rotatable bonds is 4. The largest absolute Gasteiger partial charge is 0.298 e. The Bertz CT molecular complexity index is 347. The van der Waals surface area contributed by atoms with E-state index >= 15 is 0 Å². The Morgan fingerprint density at radius 3 is 2.33 bits per heavy atom. The molecule has 81 valence electrons. The highest BCUT2D eigenvalue weighted by molar-refractivity contribution is 5.49. The summed E-state index contributed by atoms with van der Waals surface area (Å²) >= 11 is 0. The van der Waals surface area contributed by atoms with Crippen LogP contribution in [-0.4, -0.2) is 4.87 Å². The van der Waals surface area contributed by atoms with Crippen LogP contribution >= 0.6 is 0 Å². The molecule has 0 saturated carbocycles. The molecule has 0 saturated heterocycles. The molecular weight excluding hydrogens is 188 g/mol. The van der Waals surface area contributed by atoms with Gasteiger partial charge < -0.3 is 0 Å². The van der Waals surface area contributed by atoms with Gasteiger partial charge >= 0.3 is 0 Å². The van der Waals surface area contributed by atoms with Crippen LogP contribution in [-0.2, 0) is 19.3 Å². The molecule has 3 heteroatoms. The SMILES string of the molecule is CCc1[c]c(CC)c([N+](N)=O)c(CC)c1. The van der Waals surface area contributed by atoms with Crippen molar-refractivity contribution in [3.05, 3.63) is 33.7 Å². The number of hydrogen-bond acceptors (Lipinski definition) is 1. The molecule has 0 aliphatic heterocycles. The van der Waals surface area contributed by atoms with E-state index in [4.69, 9.17) is 5.84 Å². The molecule has 3 nitrogen and oxygen atoms in total. The van der Waals surface area contributed by atoms with E-state index < -0.39 is 0 Å². The summed E-state index contributed by atoms with van der Waals surface area (Å²) in [6.45, 7) is 6.13. The molecule has 1 radical (unpaired) electrons. The molecule has 1 aromatic carbocycles. The number of nitrogens with two attached hydrogens (primary N) is 1. The second-order valence-electron chi connectivity index (χ2n) is 3.53. The van der Waals surface area contributed by atoms with Crippen LogP contribution in [0.2, 0.25) is 0 Å². The van der Waals surface area contributed by atoms with Crippen molar-refractivity contribution in [2.24, 2.45) is 5.84 Å². The van der Waals surface area contributed by atoms with Crippen molar-refractivity contribution in [1.29, 1.82) is 0 Å². The van der Waals surface area contributed by atoms with Gasteiger partial charge in [0.2, 0.25) is 0 Å². The molecule has 15 heavy (non-hydrogen) atoms. The van der Waals surface area contributed by atoms with Gasteiger partial charge in [-0.1, -0.05) is 20.8 Å². The monoisotopic (exact) mass is 206 g/mol. The lowest BCUT2D eigenvalue weighted by molar-refractivity contribution is -0.475. The molecule has 0 unspecified atom stereocenters. The number of hydrogen-bond donors (Lipinski definition) is 1. The second kappa shape index (κ2) is 4.91. The zero-order chi connectivity index (χ0) is 11.4. The smallest absolute Gasteiger partial charge is 0.159 e. The first-order chi connectivity index (χ1) is 7.13. The summed E-state index contributed by atoms with van der Waals surface area (Å²) in [6.07, 6.45) is 2.54. The van der Waals surface area contributed by atoms with E-state index in [0.717, 1.165) is 36.0 Å². The Morgan fingerprint density at radius 1 is 1.27 bits per heavy atom. The summed E-state index contributed by atoms with van der Waals surface area (Å²) in [5.41, 5.74) is 3.68. The van der Waals surface area contributed by atoms with Gasteiger partial charge in [0.1, 0.15) is 0 Å². The van der Waals surface area contributed by atoms with Crippen molar-refractivity contribution in [2.45, 2.75) is 40.0 Å². The van der Waals surface area contributed by atoms with Gasteiger partial charge in [-0.2, -0.15) is 5.84 Å². The predicted molar refractivity (Wildman–Crippen MR) is 60.9 cm³/mol. The van der Waals surface area contributed by atoms with Gasteiger partial charge in [-0.25, -0.2) is 0 Å². The van der Waals surface area contributed by atoms with Crippen LogP contribution in [0.5, 0.6) is 0 Å². The molecule has 2 N–H and O–H groups in total. The van der Waals surface area contributed by atoms with Crippen molar-refractivity contribution >= 4 is 5.69 Å². The third-order valence-electron chi connectivity index (χ3n) is 2.59. The minimum absolute atomic E-state index is 0.466. The fraction of sp³-hybridized carbons (Fsp3) is 0.500. The Morgan fingerprint density at radius 2 is 1.93 bits per heavy atom. The average molecular weight is 206 g/mol. The number of benzene rings is 1. The zero-order valence-corrected chi connectivity index (χ0v) is 9.63. The lowest BCUT2D eigenvalue weighted by Gasteiger charge is -2.05. The van der Waals surface area contributed by atoms with Crippen LogP contribution < -0.4 is 5.84 Å². The molecule has 0 spiro atoms. The van der Waals surface area contributed by atoms with E-state index in [0.29, 0.717) is 10.6 Å². The van der Waals surface area contributed by atoms with E-state index in [2.05, 4.69) is 13.0 Å². The highest BCUT2D eigenvalue weighted by atomic mass is 16.3. The van der Waals surface area contributed by atoms with Gasteiger partial charge in [0, 0.05) is 11.1 Å². The molecule has 0 heterocycles. The summed E-state index contributed by atoms with van der Waals surface area (Å²) < 4.78 is 0. The Labute approximate surface area is 90.8 Å². The predicted octanol–water partition coefficient (Wildman–Crippen LogP) is 2.46. The lowest BCUT2D eigenvalue weighted by atomic mass is 9.98. The fourth-order valence-electron chi connectivity index (χ4n) is 1.75. The van der Waals surface area contributed by atoms with Crippen molar-refractivity contribution in [3.63, 3.8) is 0 Å². The highest BCUT2D eigenvalue weighted by Crippen LogP contribution is 2.25. The number of nitroso groups, excluding NO2 is 1. The van der Waals surface area contributed by atoms with E-state index in [1.54, 1.807) is 0 Å². The summed E-state index contributed by atoms with van der Waals surface area (Å²) in [5.74, 6) is 5.32. The van der Waals surface area contributed by atoms with Gasteiger partial charge in [0.05, 0.1) is 4.91 Å². The number of nitrogens with zero attached hydrogens (tertiary/aromatic N) is 1. The molecule has 1 aromatic rings. The zero-order valence-electron chi connectivity index (χ0n) is 9.63. The molecule has 0 amide bonds. The van der Waals surface area contributed by atoms with Crippen molar-refractivity contribution in [3.8, 4) is 0 Å². The minimum atomic E-state index is 0.466. The molecule has 0 aliphatic carbocycles. The second-order valence-corrected chi connectivity index (χ2v) is 3.53. The maximum Gasteiger partial charge on any atom is 0.298 e. The molecule has 0 bridgehead atoms. The summed E-state index contributed by atoms with van der Waals surface area (Å²) in [7, 11) is 0. The maximum absolute atomic E-state index is 11.3. The molecule has 0 aromatic heterocycles. The van der Waals surface area contributed by atoms with Gasteiger partial charge in [0.15, 0.2) is 4.87 Å². The first kappa shape index (κ1) is 11.7. The van der Waals surface area contributed by atoms with E-state index in [1.807, 2.05) is 19.9 Å². The molecule has 1 rings (SSSR count). The van der Waals surface area contributed by atoms with Gasteiger partial charge in [-0.05, 0) is 37.0 Å². The molecular formula is C12H18N2O+. The van der Waals surface area contributed by atoms with Crippen molar-refractivity contribution in [1.82, 2.24) is 0 Å². The van der Waals surface area contributed by atoms with Crippen LogP contribution in [0, 0.1) is 11.0 Å². The summed E-state index contributed by atoms with van der Waals surface area (Å²) in [5, 5.41) is 0. The van der Waals surface area contributed by atoms with E-state index in [-0.39, 0.29) is 0 Å². The van der Waals surface area contributed by atoms with E-state index in [9.17, 15) is 4.91 Å². The quantitative estimate of drug-likeness (QED) is 0.467. The van der Waals surface area contributed by atoms with Crippen molar-refractivity contribution < 1.29 is 4.87 Å².